The molecular weight excluding hydrogens is 386 g/mol. The number of para-hydroxylation sites is 2. The number of fused-ring (bicyclic) bond motifs is 1. The van der Waals surface area contributed by atoms with Gasteiger partial charge >= 0.3 is 0 Å². The lowest BCUT2D eigenvalue weighted by Gasteiger charge is -2.16. The number of rotatable bonds is 7. The van der Waals surface area contributed by atoms with Gasteiger partial charge in [0, 0.05) is 0 Å². The van der Waals surface area contributed by atoms with E-state index in [-0.39, 0.29) is 16.5 Å². The molecule has 6 nitrogen and oxygen atoms in total. The predicted molar refractivity (Wildman–Crippen MR) is 111 cm³/mol. The van der Waals surface area contributed by atoms with Gasteiger partial charge in [-0.3, -0.25) is 0 Å². The second-order valence-corrected chi connectivity index (χ2v) is 9.33. The second kappa shape index (κ2) is 8.58. The van der Waals surface area contributed by atoms with Crippen LogP contribution in [0.5, 0.6) is 5.88 Å². The first-order valence-corrected chi connectivity index (χ1v) is 11.0. The zero-order valence-electron chi connectivity index (χ0n) is 16.7. The smallest absolute Gasteiger partial charge is 0.238 e. The van der Waals surface area contributed by atoms with Gasteiger partial charge in [-0.05, 0) is 43.5 Å². The number of hydrogen-bond acceptors (Lipinski definition) is 6. The third-order valence-electron chi connectivity index (χ3n) is 4.52. The van der Waals surface area contributed by atoms with Crippen LogP contribution in [-0.2, 0) is 9.84 Å². The van der Waals surface area contributed by atoms with E-state index in [1.807, 2.05) is 19.1 Å². The summed E-state index contributed by atoms with van der Waals surface area (Å²) < 4.78 is 32.2. The van der Waals surface area contributed by atoms with Crippen LogP contribution < -0.4 is 4.74 Å². The van der Waals surface area contributed by atoms with Crippen molar-refractivity contribution in [2.75, 3.05) is 6.61 Å². The van der Waals surface area contributed by atoms with Crippen LogP contribution in [0, 0.1) is 24.2 Å². The number of nitriles is 1. The number of nitrogens with zero attached hydrogens (tertiary/aromatic N) is 3. The summed E-state index contributed by atoms with van der Waals surface area (Å²) in [5, 5.41) is 8.27. The number of hydrogen-bond donors (Lipinski definition) is 0. The molecule has 0 aliphatic heterocycles. The maximum Gasteiger partial charge on any atom is 0.238 e. The Labute approximate surface area is 171 Å². The zero-order valence-corrected chi connectivity index (χ0v) is 17.5. The average Bonchev–Trinajstić information content (AvgIpc) is 2.68. The predicted octanol–water partition coefficient (Wildman–Crippen LogP) is 4.40. The Kier molecular flexibility index (Phi) is 6.14. The minimum absolute atomic E-state index is 0.0236. The molecule has 0 aliphatic carbocycles. The molecule has 7 heteroatoms. The standard InChI is InChI=1S/C22H23N3O3S/c1-15(2)12-13-28-22-21(24-18-6-4-5-7-19(18)25-22)20(14-23)29(26,27)17-10-8-16(3)9-11-17/h4-11,15,20H,12-13H2,1-3H3/t20-/m0/s1. The fourth-order valence-corrected chi connectivity index (χ4v) is 4.18. The number of ether oxygens (including phenoxy) is 1. The molecule has 0 spiro atoms. The molecule has 0 aliphatic rings. The molecule has 29 heavy (non-hydrogen) atoms. The summed E-state index contributed by atoms with van der Waals surface area (Å²) in [6.07, 6.45) is 0.774. The molecule has 0 bridgehead atoms. The van der Waals surface area contributed by atoms with Crippen molar-refractivity contribution in [3.8, 4) is 11.9 Å². The molecular formula is C22H23N3O3S. The number of sulfone groups is 1. The van der Waals surface area contributed by atoms with E-state index in [9.17, 15) is 13.7 Å². The van der Waals surface area contributed by atoms with E-state index in [1.54, 1.807) is 30.3 Å². The molecule has 150 valence electrons. The fraction of sp³-hybridized carbons (Fsp3) is 0.318. The first-order valence-electron chi connectivity index (χ1n) is 9.42. The van der Waals surface area contributed by atoms with Gasteiger partial charge in [0.25, 0.3) is 0 Å². The van der Waals surface area contributed by atoms with Crippen molar-refractivity contribution >= 4 is 20.9 Å². The van der Waals surface area contributed by atoms with Gasteiger partial charge in [0.05, 0.1) is 28.6 Å². The second-order valence-electron chi connectivity index (χ2n) is 7.30. The van der Waals surface area contributed by atoms with Gasteiger partial charge in [-0.15, -0.1) is 0 Å². The molecule has 0 saturated carbocycles. The maximum absolute atomic E-state index is 13.2. The highest BCUT2D eigenvalue weighted by atomic mass is 32.2. The van der Waals surface area contributed by atoms with Crippen LogP contribution in [0.1, 0.15) is 36.8 Å². The van der Waals surface area contributed by atoms with Crippen molar-refractivity contribution in [2.24, 2.45) is 5.92 Å². The summed E-state index contributed by atoms with van der Waals surface area (Å²) in [7, 11) is -4.00. The number of benzene rings is 2. The van der Waals surface area contributed by atoms with Crippen LogP contribution >= 0.6 is 0 Å². The van der Waals surface area contributed by atoms with Gasteiger partial charge in [0.15, 0.2) is 5.25 Å². The van der Waals surface area contributed by atoms with Gasteiger partial charge in [-0.2, -0.15) is 5.26 Å². The van der Waals surface area contributed by atoms with E-state index >= 15 is 0 Å². The van der Waals surface area contributed by atoms with Crippen molar-refractivity contribution in [2.45, 2.75) is 37.3 Å². The van der Waals surface area contributed by atoms with Crippen molar-refractivity contribution in [3.63, 3.8) is 0 Å². The molecule has 2 aromatic carbocycles. The Morgan fingerprint density at radius 3 is 2.24 bits per heavy atom. The summed E-state index contributed by atoms with van der Waals surface area (Å²) in [5.41, 5.74) is 2.05. The third-order valence-corrected chi connectivity index (χ3v) is 6.40. The summed E-state index contributed by atoms with van der Waals surface area (Å²) in [5.74, 6) is 0.501. The highest BCUT2D eigenvalue weighted by Crippen LogP contribution is 2.33. The minimum Gasteiger partial charge on any atom is -0.476 e. The van der Waals surface area contributed by atoms with Gasteiger partial charge < -0.3 is 4.74 Å². The lowest BCUT2D eigenvalue weighted by atomic mass is 10.1. The topological polar surface area (TPSA) is 92.9 Å². The molecule has 0 N–H and O–H groups in total. The Bertz CT molecular complexity index is 1150. The maximum atomic E-state index is 13.2. The van der Waals surface area contributed by atoms with Crippen LogP contribution in [0.2, 0.25) is 0 Å². The fourth-order valence-electron chi connectivity index (χ4n) is 2.81. The highest BCUT2D eigenvalue weighted by molar-refractivity contribution is 7.92. The minimum atomic E-state index is -4.00. The van der Waals surface area contributed by atoms with Crippen molar-refractivity contribution in [3.05, 3.63) is 59.8 Å². The van der Waals surface area contributed by atoms with E-state index in [2.05, 4.69) is 23.8 Å². The first-order chi connectivity index (χ1) is 13.8. The van der Waals surface area contributed by atoms with Gasteiger partial charge in [-0.1, -0.05) is 43.7 Å². The zero-order chi connectivity index (χ0) is 21.0. The lowest BCUT2D eigenvalue weighted by Crippen LogP contribution is -2.16. The van der Waals surface area contributed by atoms with E-state index in [4.69, 9.17) is 4.74 Å². The van der Waals surface area contributed by atoms with E-state index < -0.39 is 15.1 Å². The molecule has 0 fully saturated rings. The lowest BCUT2D eigenvalue weighted by molar-refractivity contribution is 0.276. The number of aryl methyl sites for hydroxylation is 1. The van der Waals surface area contributed by atoms with E-state index in [1.165, 1.54) is 12.1 Å². The Balaban J connectivity index is 2.11. The number of aromatic nitrogens is 2. The largest absolute Gasteiger partial charge is 0.476 e. The average molecular weight is 410 g/mol. The molecule has 0 unspecified atom stereocenters. The van der Waals surface area contributed by atoms with Crippen LogP contribution in [-0.4, -0.2) is 25.0 Å². The quantitative estimate of drug-likeness (QED) is 0.574. The van der Waals surface area contributed by atoms with Gasteiger partial charge in [0.2, 0.25) is 15.7 Å². The molecule has 0 radical (unpaired) electrons. The Hall–Kier alpha value is -2.98. The molecule has 1 aromatic heterocycles. The van der Waals surface area contributed by atoms with E-state index in [0.29, 0.717) is 23.6 Å². The summed E-state index contributed by atoms with van der Waals surface area (Å²) in [6.45, 7) is 6.36. The molecule has 0 saturated heterocycles. The van der Waals surface area contributed by atoms with Crippen LogP contribution in [0.15, 0.2) is 53.4 Å². The van der Waals surface area contributed by atoms with Crippen LogP contribution in [0.25, 0.3) is 11.0 Å². The molecule has 3 rings (SSSR count). The molecule has 3 aromatic rings. The SMILES string of the molecule is Cc1ccc(S(=O)(=O)[C@@H](C#N)c2nc3ccccc3nc2OCCC(C)C)cc1. The molecule has 0 amide bonds. The molecule has 1 heterocycles. The van der Waals surface area contributed by atoms with Crippen LogP contribution in [0.4, 0.5) is 0 Å². The Morgan fingerprint density at radius 2 is 1.66 bits per heavy atom. The first kappa shape index (κ1) is 20.7. The Morgan fingerprint density at radius 1 is 1.03 bits per heavy atom. The summed E-state index contributed by atoms with van der Waals surface area (Å²) >= 11 is 0. The van der Waals surface area contributed by atoms with Gasteiger partial charge in [-0.25, -0.2) is 18.4 Å². The normalized spacial score (nSPS) is 12.7. The van der Waals surface area contributed by atoms with Crippen molar-refractivity contribution in [1.82, 2.24) is 9.97 Å². The third kappa shape index (κ3) is 4.54. The van der Waals surface area contributed by atoms with E-state index in [0.717, 1.165) is 12.0 Å². The summed E-state index contributed by atoms with van der Waals surface area (Å²) in [6, 6.07) is 15.4. The monoisotopic (exact) mass is 409 g/mol. The van der Waals surface area contributed by atoms with Gasteiger partial charge in [0.1, 0.15) is 5.69 Å². The van der Waals surface area contributed by atoms with Crippen LogP contribution in [0.3, 0.4) is 0 Å². The van der Waals surface area contributed by atoms with Crippen molar-refractivity contribution in [1.29, 1.82) is 5.26 Å². The summed E-state index contributed by atoms with van der Waals surface area (Å²) in [4.78, 5) is 8.99. The van der Waals surface area contributed by atoms with Crippen molar-refractivity contribution < 1.29 is 13.2 Å². The highest BCUT2D eigenvalue weighted by Gasteiger charge is 2.34. The molecule has 1 atom stereocenters.